The van der Waals surface area contributed by atoms with Gasteiger partial charge in [0.1, 0.15) is 5.01 Å². The highest BCUT2D eigenvalue weighted by molar-refractivity contribution is 7.11. The van der Waals surface area contributed by atoms with Gasteiger partial charge in [0.2, 0.25) is 5.91 Å². The van der Waals surface area contributed by atoms with Gasteiger partial charge in [0.05, 0.1) is 18.2 Å². The van der Waals surface area contributed by atoms with Crippen molar-refractivity contribution in [3.8, 4) is 0 Å². The molecule has 102 valence electrons. The first-order valence-corrected chi connectivity index (χ1v) is 7.43. The van der Waals surface area contributed by atoms with Crippen LogP contribution in [0.15, 0.2) is 0 Å². The van der Waals surface area contributed by atoms with Gasteiger partial charge in [-0.25, -0.2) is 4.98 Å². The molecule has 0 bridgehead atoms. The van der Waals surface area contributed by atoms with Crippen LogP contribution < -0.4 is 0 Å². The Balaban J connectivity index is 1.70. The van der Waals surface area contributed by atoms with Crippen LogP contribution in [-0.4, -0.2) is 33.4 Å². The smallest absolute Gasteiger partial charge is 0.308 e. The van der Waals surface area contributed by atoms with E-state index in [0.29, 0.717) is 13.1 Å². The van der Waals surface area contributed by atoms with Gasteiger partial charge < -0.3 is 10.0 Å². The Labute approximate surface area is 115 Å². The number of aliphatic carboxylic acids is 1. The highest BCUT2D eigenvalue weighted by atomic mass is 32.1. The van der Waals surface area contributed by atoms with E-state index < -0.39 is 11.9 Å². The topological polar surface area (TPSA) is 70.5 Å². The molecule has 5 nitrogen and oxygen atoms in total. The van der Waals surface area contributed by atoms with Crippen LogP contribution in [0.2, 0.25) is 0 Å². The molecule has 1 atom stereocenters. The minimum Gasteiger partial charge on any atom is -0.481 e. The average molecular weight is 280 g/mol. The Morgan fingerprint density at radius 2 is 2.21 bits per heavy atom. The Bertz CT molecular complexity index is 502. The maximum atomic E-state index is 11.8. The average Bonchev–Trinajstić information content (AvgIpc) is 2.93. The number of hydrogen-bond acceptors (Lipinski definition) is 4. The molecular formula is C13H16N2O3S. The maximum absolute atomic E-state index is 11.8. The van der Waals surface area contributed by atoms with Crippen LogP contribution in [-0.2, 0) is 29.0 Å². The van der Waals surface area contributed by atoms with E-state index in [0.717, 1.165) is 17.8 Å². The van der Waals surface area contributed by atoms with Crippen LogP contribution in [0.1, 0.15) is 34.8 Å². The summed E-state index contributed by atoms with van der Waals surface area (Å²) in [5.74, 6) is -1.50. The largest absolute Gasteiger partial charge is 0.481 e. The predicted molar refractivity (Wildman–Crippen MR) is 69.9 cm³/mol. The van der Waals surface area contributed by atoms with Gasteiger partial charge in [-0.3, -0.25) is 9.59 Å². The SMILES string of the molecule is O=C(O)[C@@H]1CC(=O)N(Cc2nc3c(s2)CCCC3)C1. The van der Waals surface area contributed by atoms with Crippen LogP contribution in [0.4, 0.5) is 0 Å². The highest BCUT2D eigenvalue weighted by Crippen LogP contribution is 2.28. The van der Waals surface area contributed by atoms with Gasteiger partial charge in [-0.15, -0.1) is 11.3 Å². The first kappa shape index (κ1) is 12.6. The molecule has 3 rings (SSSR count). The number of likely N-dealkylation sites (tertiary alicyclic amines) is 1. The lowest BCUT2D eigenvalue weighted by molar-refractivity contribution is -0.141. The van der Waals surface area contributed by atoms with Gasteiger partial charge in [0.25, 0.3) is 0 Å². The van der Waals surface area contributed by atoms with Crippen molar-refractivity contribution in [3.63, 3.8) is 0 Å². The molecule has 1 fully saturated rings. The third-order valence-electron chi connectivity index (χ3n) is 3.78. The number of aryl methyl sites for hydroxylation is 2. The lowest BCUT2D eigenvalue weighted by atomic mass is 10.0. The van der Waals surface area contributed by atoms with Gasteiger partial charge in [0.15, 0.2) is 0 Å². The van der Waals surface area contributed by atoms with Crippen LogP contribution >= 0.6 is 11.3 Å². The summed E-state index contributed by atoms with van der Waals surface area (Å²) in [7, 11) is 0. The standard InChI is InChI=1S/C13H16N2O3S/c16-12-5-8(13(17)18)6-15(12)7-11-14-9-3-1-2-4-10(9)19-11/h8H,1-7H2,(H,17,18)/t8-/m1/s1. The molecular weight excluding hydrogens is 264 g/mol. The maximum Gasteiger partial charge on any atom is 0.308 e. The normalized spacial score (nSPS) is 22.6. The van der Waals surface area contributed by atoms with Crippen molar-refractivity contribution in [1.82, 2.24) is 9.88 Å². The summed E-state index contributed by atoms with van der Waals surface area (Å²) in [6.45, 7) is 0.790. The zero-order valence-corrected chi connectivity index (χ0v) is 11.4. The number of carboxylic acids is 1. The lowest BCUT2D eigenvalue weighted by Crippen LogP contribution is -2.25. The minimum atomic E-state index is -0.880. The Morgan fingerprint density at radius 3 is 2.89 bits per heavy atom. The molecule has 2 aliphatic rings. The predicted octanol–water partition coefficient (Wildman–Crippen LogP) is 1.46. The van der Waals surface area contributed by atoms with Gasteiger partial charge >= 0.3 is 5.97 Å². The Kier molecular flexibility index (Phi) is 3.26. The number of aromatic nitrogens is 1. The summed E-state index contributed by atoms with van der Waals surface area (Å²) in [5.41, 5.74) is 1.19. The molecule has 0 saturated carbocycles. The molecule has 1 amide bonds. The fourth-order valence-corrected chi connectivity index (χ4v) is 3.90. The second-order valence-electron chi connectivity index (χ2n) is 5.20. The van der Waals surface area contributed by atoms with Gasteiger partial charge in [-0.2, -0.15) is 0 Å². The first-order chi connectivity index (χ1) is 9.13. The number of carbonyl (C=O) groups excluding carboxylic acids is 1. The molecule has 19 heavy (non-hydrogen) atoms. The third-order valence-corrected chi connectivity index (χ3v) is 4.92. The molecule has 1 aromatic heterocycles. The van der Waals surface area contributed by atoms with Crippen molar-refractivity contribution >= 4 is 23.2 Å². The van der Waals surface area contributed by atoms with Crippen molar-refractivity contribution in [2.75, 3.05) is 6.54 Å². The minimum absolute atomic E-state index is 0.0689. The van der Waals surface area contributed by atoms with Crippen molar-refractivity contribution in [2.24, 2.45) is 5.92 Å². The van der Waals surface area contributed by atoms with Crippen LogP contribution in [0.5, 0.6) is 0 Å². The molecule has 0 aromatic carbocycles. The second-order valence-corrected chi connectivity index (χ2v) is 6.37. The Morgan fingerprint density at radius 1 is 1.42 bits per heavy atom. The summed E-state index contributed by atoms with van der Waals surface area (Å²) in [6.07, 6.45) is 4.68. The van der Waals surface area contributed by atoms with Gasteiger partial charge in [-0.05, 0) is 25.7 Å². The number of rotatable bonds is 3. The second kappa shape index (κ2) is 4.92. The summed E-state index contributed by atoms with van der Waals surface area (Å²) in [6, 6.07) is 0. The number of nitrogens with zero attached hydrogens (tertiary/aromatic N) is 2. The van der Waals surface area contributed by atoms with Crippen molar-refractivity contribution < 1.29 is 14.7 Å². The fourth-order valence-electron chi connectivity index (χ4n) is 2.73. The number of carbonyl (C=O) groups is 2. The van der Waals surface area contributed by atoms with E-state index in [1.165, 1.54) is 23.4 Å². The van der Waals surface area contributed by atoms with Crippen molar-refractivity contribution in [3.05, 3.63) is 15.6 Å². The first-order valence-electron chi connectivity index (χ1n) is 6.61. The molecule has 1 N–H and O–H groups in total. The molecule has 2 heterocycles. The molecule has 1 aliphatic carbocycles. The molecule has 0 unspecified atom stereocenters. The molecule has 6 heteroatoms. The zero-order valence-electron chi connectivity index (χ0n) is 10.6. The number of fused-ring (bicyclic) bond motifs is 1. The number of amides is 1. The quantitative estimate of drug-likeness (QED) is 0.910. The lowest BCUT2D eigenvalue weighted by Gasteiger charge is -2.13. The summed E-state index contributed by atoms with van der Waals surface area (Å²) in [4.78, 5) is 30.3. The number of thiazole rings is 1. The molecule has 1 saturated heterocycles. The van der Waals surface area contributed by atoms with Crippen LogP contribution in [0.3, 0.4) is 0 Å². The highest BCUT2D eigenvalue weighted by Gasteiger charge is 2.34. The molecule has 0 spiro atoms. The van der Waals surface area contributed by atoms with Crippen molar-refractivity contribution in [1.29, 1.82) is 0 Å². The van der Waals surface area contributed by atoms with Crippen LogP contribution in [0.25, 0.3) is 0 Å². The summed E-state index contributed by atoms with van der Waals surface area (Å²) < 4.78 is 0. The molecule has 0 radical (unpaired) electrons. The van der Waals surface area contributed by atoms with E-state index >= 15 is 0 Å². The van der Waals surface area contributed by atoms with E-state index in [4.69, 9.17) is 5.11 Å². The van der Waals surface area contributed by atoms with Crippen LogP contribution in [0, 0.1) is 5.92 Å². The van der Waals surface area contributed by atoms with E-state index in [1.807, 2.05) is 0 Å². The number of hydrogen-bond donors (Lipinski definition) is 1. The fraction of sp³-hybridized carbons (Fsp3) is 0.615. The zero-order chi connectivity index (χ0) is 13.4. The monoisotopic (exact) mass is 280 g/mol. The van der Waals surface area contributed by atoms with Gasteiger partial charge in [-0.1, -0.05) is 0 Å². The van der Waals surface area contributed by atoms with Crippen molar-refractivity contribution in [2.45, 2.75) is 38.6 Å². The number of carboxylic acid groups (broad SMARTS) is 1. The van der Waals surface area contributed by atoms with E-state index in [2.05, 4.69) is 4.98 Å². The molecule has 1 aliphatic heterocycles. The Hall–Kier alpha value is -1.43. The van der Waals surface area contributed by atoms with E-state index in [9.17, 15) is 9.59 Å². The summed E-state index contributed by atoms with van der Waals surface area (Å²) >= 11 is 1.68. The summed E-state index contributed by atoms with van der Waals surface area (Å²) in [5, 5.41) is 9.91. The molecule has 1 aromatic rings. The van der Waals surface area contributed by atoms with Gasteiger partial charge in [0, 0.05) is 17.8 Å². The van der Waals surface area contributed by atoms with E-state index in [-0.39, 0.29) is 12.3 Å². The van der Waals surface area contributed by atoms with E-state index in [1.54, 1.807) is 16.2 Å². The third kappa shape index (κ3) is 2.49.